The number of rotatable bonds is 8. The van der Waals surface area contributed by atoms with Gasteiger partial charge in [-0.15, -0.1) is 0 Å². The lowest BCUT2D eigenvalue weighted by atomic mass is 10.1. The Morgan fingerprint density at radius 2 is 2.00 bits per heavy atom. The maximum atomic E-state index is 5.95. The second kappa shape index (κ2) is 8.92. The third-order valence-corrected chi connectivity index (χ3v) is 4.42. The van der Waals surface area contributed by atoms with Gasteiger partial charge in [0.05, 0.1) is 6.54 Å². The molecule has 0 aromatic heterocycles. The van der Waals surface area contributed by atoms with Gasteiger partial charge in [0, 0.05) is 19.6 Å². The van der Waals surface area contributed by atoms with Crippen molar-refractivity contribution in [1.29, 1.82) is 0 Å². The van der Waals surface area contributed by atoms with E-state index >= 15 is 0 Å². The van der Waals surface area contributed by atoms with Crippen LogP contribution in [0.1, 0.15) is 25.3 Å². The van der Waals surface area contributed by atoms with E-state index in [-0.39, 0.29) is 6.10 Å². The minimum Gasteiger partial charge on any atom is -0.489 e. The number of aliphatic imine (C=N–C) groups is 1. The second-order valence-corrected chi connectivity index (χ2v) is 6.95. The molecule has 0 radical (unpaired) electrons. The highest BCUT2D eigenvalue weighted by atomic mass is 16.5. The second-order valence-electron chi connectivity index (χ2n) is 6.95. The molecule has 1 saturated carbocycles. The smallest absolute Gasteiger partial charge is 0.191 e. The first-order valence-electron chi connectivity index (χ1n) is 8.84. The molecule has 2 unspecified atom stereocenters. The molecule has 2 N–H and O–H groups in total. The Bertz CT molecular complexity index is 538. The van der Waals surface area contributed by atoms with Crippen LogP contribution in [0.4, 0.5) is 0 Å². The lowest BCUT2D eigenvalue weighted by Crippen LogP contribution is -2.47. The molecule has 1 aromatic rings. The van der Waals surface area contributed by atoms with Gasteiger partial charge in [-0.05, 0) is 64.4 Å². The molecule has 1 aromatic carbocycles. The van der Waals surface area contributed by atoms with Gasteiger partial charge in [0.25, 0.3) is 0 Å². The minimum absolute atomic E-state index is 0.0680. The molecule has 0 heterocycles. The molecule has 5 heteroatoms. The van der Waals surface area contributed by atoms with Crippen molar-refractivity contribution in [3.8, 4) is 5.75 Å². The van der Waals surface area contributed by atoms with Crippen molar-refractivity contribution in [2.45, 2.75) is 38.8 Å². The number of nitrogens with one attached hydrogen (secondary N) is 2. The fourth-order valence-electron chi connectivity index (χ4n) is 2.88. The SMILES string of the molecule is CN=C(NCC(C)Oc1cccc(C)c1)NCC(C1CC1)N(C)C. The quantitative estimate of drug-likeness (QED) is 0.566. The molecule has 0 amide bonds. The van der Waals surface area contributed by atoms with Crippen LogP contribution in [-0.4, -0.2) is 57.2 Å². The van der Waals surface area contributed by atoms with Crippen molar-refractivity contribution in [3.05, 3.63) is 29.8 Å². The summed E-state index contributed by atoms with van der Waals surface area (Å²) >= 11 is 0. The molecule has 2 atom stereocenters. The molecule has 0 spiro atoms. The van der Waals surface area contributed by atoms with E-state index in [0.29, 0.717) is 12.6 Å². The summed E-state index contributed by atoms with van der Waals surface area (Å²) in [5, 5.41) is 6.80. The van der Waals surface area contributed by atoms with Crippen molar-refractivity contribution in [3.63, 3.8) is 0 Å². The van der Waals surface area contributed by atoms with Crippen LogP contribution in [0.5, 0.6) is 5.75 Å². The van der Waals surface area contributed by atoms with Crippen molar-refractivity contribution in [2.24, 2.45) is 10.9 Å². The highest BCUT2D eigenvalue weighted by Crippen LogP contribution is 2.34. The Morgan fingerprint density at radius 3 is 2.58 bits per heavy atom. The highest BCUT2D eigenvalue weighted by molar-refractivity contribution is 5.79. The van der Waals surface area contributed by atoms with E-state index in [9.17, 15) is 0 Å². The van der Waals surface area contributed by atoms with Crippen LogP contribution in [0, 0.1) is 12.8 Å². The van der Waals surface area contributed by atoms with Gasteiger partial charge in [-0.25, -0.2) is 0 Å². The largest absolute Gasteiger partial charge is 0.489 e. The van der Waals surface area contributed by atoms with Crippen molar-refractivity contribution < 1.29 is 4.74 Å². The maximum absolute atomic E-state index is 5.95. The van der Waals surface area contributed by atoms with Gasteiger partial charge in [-0.2, -0.15) is 0 Å². The van der Waals surface area contributed by atoms with Crippen molar-refractivity contribution >= 4 is 5.96 Å². The highest BCUT2D eigenvalue weighted by Gasteiger charge is 2.32. The Labute approximate surface area is 146 Å². The number of benzene rings is 1. The number of hydrogen-bond acceptors (Lipinski definition) is 3. The predicted molar refractivity (Wildman–Crippen MR) is 101 cm³/mol. The molecule has 134 valence electrons. The first kappa shape index (κ1) is 18.6. The van der Waals surface area contributed by atoms with E-state index in [2.05, 4.69) is 60.6 Å². The molecule has 5 nitrogen and oxygen atoms in total. The third-order valence-electron chi connectivity index (χ3n) is 4.42. The van der Waals surface area contributed by atoms with E-state index in [1.807, 2.05) is 19.2 Å². The maximum Gasteiger partial charge on any atom is 0.191 e. The van der Waals surface area contributed by atoms with E-state index in [4.69, 9.17) is 4.74 Å². The van der Waals surface area contributed by atoms with E-state index < -0.39 is 0 Å². The Balaban J connectivity index is 1.74. The predicted octanol–water partition coefficient (Wildman–Crippen LogP) is 2.27. The minimum atomic E-state index is 0.0680. The fourth-order valence-corrected chi connectivity index (χ4v) is 2.88. The molecule has 1 aliphatic rings. The summed E-state index contributed by atoms with van der Waals surface area (Å²) in [6.07, 6.45) is 2.76. The normalized spacial score (nSPS) is 17.5. The molecule has 0 bridgehead atoms. The van der Waals surface area contributed by atoms with Crippen LogP contribution in [-0.2, 0) is 0 Å². The number of nitrogens with zero attached hydrogens (tertiary/aromatic N) is 2. The van der Waals surface area contributed by atoms with Gasteiger partial charge >= 0.3 is 0 Å². The zero-order chi connectivity index (χ0) is 17.5. The fraction of sp³-hybridized carbons (Fsp3) is 0.632. The monoisotopic (exact) mass is 332 g/mol. The Kier molecular flexibility index (Phi) is 6.91. The van der Waals surface area contributed by atoms with E-state index in [0.717, 1.165) is 24.2 Å². The third kappa shape index (κ3) is 6.04. The summed E-state index contributed by atoms with van der Waals surface area (Å²) in [4.78, 5) is 6.62. The molecule has 1 fully saturated rings. The lowest BCUT2D eigenvalue weighted by Gasteiger charge is -2.25. The number of guanidine groups is 1. The number of ether oxygens (including phenoxy) is 1. The first-order chi connectivity index (χ1) is 11.5. The molecule has 24 heavy (non-hydrogen) atoms. The van der Waals surface area contributed by atoms with Gasteiger partial charge in [0.15, 0.2) is 5.96 Å². The Morgan fingerprint density at radius 1 is 1.29 bits per heavy atom. The van der Waals surface area contributed by atoms with Gasteiger partial charge in [0.1, 0.15) is 11.9 Å². The summed E-state index contributed by atoms with van der Waals surface area (Å²) in [6.45, 7) is 5.77. The molecule has 0 aliphatic heterocycles. The van der Waals surface area contributed by atoms with E-state index in [1.54, 1.807) is 0 Å². The number of hydrogen-bond donors (Lipinski definition) is 2. The summed E-state index contributed by atoms with van der Waals surface area (Å²) in [5.74, 6) is 2.57. The van der Waals surface area contributed by atoms with Gasteiger partial charge in [-0.1, -0.05) is 12.1 Å². The van der Waals surface area contributed by atoms with Crippen LogP contribution in [0.3, 0.4) is 0 Å². The number of aryl methyl sites for hydroxylation is 1. The van der Waals surface area contributed by atoms with Crippen LogP contribution in [0.15, 0.2) is 29.3 Å². The molecule has 1 aliphatic carbocycles. The summed E-state index contributed by atoms with van der Waals surface area (Å²) in [7, 11) is 6.11. The standard InChI is InChI=1S/C19H32N4O/c1-14-7-6-8-17(11-14)24-15(2)12-21-19(20-3)22-13-18(23(4)5)16-9-10-16/h6-8,11,15-16,18H,9-10,12-13H2,1-5H3,(H2,20,21,22). The van der Waals surface area contributed by atoms with Gasteiger partial charge < -0.3 is 20.3 Å². The van der Waals surface area contributed by atoms with E-state index in [1.165, 1.54) is 18.4 Å². The number of likely N-dealkylation sites (N-methyl/N-ethyl adjacent to an activating group) is 1. The first-order valence-corrected chi connectivity index (χ1v) is 8.84. The molecular weight excluding hydrogens is 300 g/mol. The average Bonchev–Trinajstić information content (AvgIpc) is 3.35. The average molecular weight is 332 g/mol. The van der Waals surface area contributed by atoms with Crippen molar-refractivity contribution in [2.75, 3.05) is 34.2 Å². The van der Waals surface area contributed by atoms with Crippen molar-refractivity contribution in [1.82, 2.24) is 15.5 Å². The van der Waals surface area contributed by atoms with Crippen LogP contribution >= 0.6 is 0 Å². The summed E-state index contributed by atoms with van der Waals surface area (Å²) in [5.41, 5.74) is 1.21. The zero-order valence-electron chi connectivity index (χ0n) is 15.7. The zero-order valence-corrected chi connectivity index (χ0v) is 15.7. The lowest BCUT2D eigenvalue weighted by molar-refractivity contribution is 0.223. The Hall–Kier alpha value is -1.75. The topological polar surface area (TPSA) is 48.9 Å². The summed E-state index contributed by atoms with van der Waals surface area (Å²) in [6, 6.07) is 8.71. The van der Waals surface area contributed by atoms with Crippen LogP contribution in [0.2, 0.25) is 0 Å². The molecule has 0 saturated heterocycles. The van der Waals surface area contributed by atoms with Crippen LogP contribution < -0.4 is 15.4 Å². The van der Waals surface area contributed by atoms with Gasteiger partial charge in [0.2, 0.25) is 0 Å². The van der Waals surface area contributed by atoms with Crippen LogP contribution in [0.25, 0.3) is 0 Å². The molecular formula is C19H32N4O. The molecule has 2 rings (SSSR count). The van der Waals surface area contributed by atoms with Gasteiger partial charge in [-0.3, -0.25) is 4.99 Å². The summed E-state index contributed by atoms with van der Waals surface area (Å²) < 4.78 is 5.95.